The average Bonchev–Trinajstić information content (AvgIpc) is 2.50. The third-order valence-electron chi connectivity index (χ3n) is 3.19. The van der Waals surface area contributed by atoms with Gasteiger partial charge in [0.2, 0.25) is 0 Å². The van der Waals surface area contributed by atoms with Gasteiger partial charge in [-0.1, -0.05) is 29.8 Å². The van der Waals surface area contributed by atoms with Crippen molar-refractivity contribution in [3.8, 4) is 0 Å². The molecule has 0 atom stereocenters. The summed E-state index contributed by atoms with van der Waals surface area (Å²) in [6, 6.07) is 14.0. The van der Waals surface area contributed by atoms with Crippen LogP contribution in [-0.2, 0) is 6.42 Å². The Bertz CT molecular complexity index is 669. The van der Waals surface area contributed by atoms with Gasteiger partial charge in [0.25, 0.3) is 0 Å². The fourth-order valence-corrected chi connectivity index (χ4v) is 2.21. The fraction of sp³-hybridized carbons (Fsp3) is 0.176. The van der Waals surface area contributed by atoms with Crippen molar-refractivity contribution in [1.29, 1.82) is 0 Å². The first-order valence-corrected chi connectivity index (χ1v) is 7.33. The van der Waals surface area contributed by atoms with Crippen LogP contribution in [0.4, 0.5) is 10.5 Å². The van der Waals surface area contributed by atoms with Gasteiger partial charge in [-0.3, -0.25) is 4.79 Å². The van der Waals surface area contributed by atoms with Crippen molar-refractivity contribution in [1.82, 2.24) is 5.32 Å². The lowest BCUT2D eigenvalue weighted by Crippen LogP contribution is -2.30. The van der Waals surface area contributed by atoms with Crippen LogP contribution in [0.25, 0.3) is 0 Å². The molecule has 4 nitrogen and oxygen atoms in total. The number of hydrogen-bond donors (Lipinski definition) is 2. The minimum atomic E-state index is -0.289. The first-order valence-electron chi connectivity index (χ1n) is 6.95. The van der Waals surface area contributed by atoms with E-state index in [2.05, 4.69) is 10.6 Å². The monoisotopic (exact) mass is 316 g/mol. The summed E-state index contributed by atoms with van der Waals surface area (Å²) >= 11 is 6.05. The van der Waals surface area contributed by atoms with Crippen molar-refractivity contribution in [2.24, 2.45) is 0 Å². The van der Waals surface area contributed by atoms with E-state index in [9.17, 15) is 9.59 Å². The largest absolute Gasteiger partial charge is 0.338 e. The van der Waals surface area contributed by atoms with Crippen LogP contribution in [0, 0.1) is 0 Å². The number of amides is 2. The molecule has 0 radical (unpaired) electrons. The second-order valence-corrected chi connectivity index (χ2v) is 5.26. The van der Waals surface area contributed by atoms with E-state index >= 15 is 0 Å². The molecule has 0 saturated heterocycles. The number of halogens is 1. The molecule has 0 unspecified atom stereocenters. The van der Waals surface area contributed by atoms with Crippen LogP contribution in [0.15, 0.2) is 48.5 Å². The predicted molar refractivity (Wildman–Crippen MR) is 88.6 cm³/mol. The highest BCUT2D eigenvalue weighted by atomic mass is 35.5. The number of hydrogen-bond acceptors (Lipinski definition) is 2. The van der Waals surface area contributed by atoms with Crippen LogP contribution in [0.3, 0.4) is 0 Å². The minimum Gasteiger partial charge on any atom is -0.338 e. The van der Waals surface area contributed by atoms with Gasteiger partial charge in [-0.05, 0) is 49.2 Å². The van der Waals surface area contributed by atoms with Crippen molar-refractivity contribution in [2.75, 3.05) is 11.9 Å². The number of carbonyl (C=O) groups is 2. The Morgan fingerprint density at radius 2 is 1.73 bits per heavy atom. The lowest BCUT2D eigenvalue weighted by Gasteiger charge is -2.08. The standard InChI is InChI=1S/C17H17ClN2O2/c1-12(21)13-6-8-15(9-7-13)20-17(22)19-11-10-14-4-2-3-5-16(14)18/h2-9H,10-11H2,1H3,(H2,19,20,22). The highest BCUT2D eigenvalue weighted by Gasteiger charge is 2.04. The van der Waals surface area contributed by atoms with Gasteiger partial charge in [-0.25, -0.2) is 4.79 Å². The van der Waals surface area contributed by atoms with E-state index in [-0.39, 0.29) is 11.8 Å². The number of ketones is 1. The van der Waals surface area contributed by atoms with Crippen molar-refractivity contribution in [3.63, 3.8) is 0 Å². The number of anilines is 1. The molecule has 0 saturated carbocycles. The molecule has 0 aliphatic rings. The number of Topliss-reactive ketones (excluding diaryl/α,β-unsaturated/α-hetero) is 1. The zero-order valence-electron chi connectivity index (χ0n) is 12.2. The summed E-state index contributed by atoms with van der Waals surface area (Å²) in [7, 11) is 0. The summed E-state index contributed by atoms with van der Waals surface area (Å²) in [5.41, 5.74) is 2.25. The number of benzene rings is 2. The number of rotatable bonds is 5. The molecule has 0 fully saturated rings. The molecule has 2 aromatic rings. The molecule has 0 bridgehead atoms. The second kappa shape index (κ2) is 7.61. The molecule has 0 heterocycles. The van der Waals surface area contributed by atoms with Crippen LogP contribution in [0.5, 0.6) is 0 Å². The second-order valence-electron chi connectivity index (χ2n) is 4.86. The molecule has 0 aliphatic carbocycles. The predicted octanol–water partition coefficient (Wildman–Crippen LogP) is 3.91. The highest BCUT2D eigenvalue weighted by Crippen LogP contribution is 2.15. The molecule has 2 amide bonds. The van der Waals surface area contributed by atoms with E-state index < -0.39 is 0 Å². The zero-order chi connectivity index (χ0) is 15.9. The lowest BCUT2D eigenvalue weighted by atomic mass is 10.1. The van der Waals surface area contributed by atoms with E-state index in [0.717, 1.165) is 5.56 Å². The number of nitrogens with one attached hydrogen (secondary N) is 2. The topological polar surface area (TPSA) is 58.2 Å². The van der Waals surface area contributed by atoms with Gasteiger partial charge in [-0.2, -0.15) is 0 Å². The molecule has 5 heteroatoms. The van der Waals surface area contributed by atoms with E-state index in [1.165, 1.54) is 6.92 Å². The van der Waals surface area contributed by atoms with Gasteiger partial charge in [0.05, 0.1) is 0 Å². The summed E-state index contributed by atoms with van der Waals surface area (Å²) in [5, 5.41) is 6.18. The third kappa shape index (κ3) is 4.60. The normalized spacial score (nSPS) is 10.1. The summed E-state index contributed by atoms with van der Waals surface area (Å²) in [4.78, 5) is 23.0. The van der Waals surface area contributed by atoms with Crippen LogP contribution < -0.4 is 10.6 Å². The Morgan fingerprint density at radius 1 is 1.05 bits per heavy atom. The van der Waals surface area contributed by atoms with Gasteiger partial charge in [0.15, 0.2) is 5.78 Å². The lowest BCUT2D eigenvalue weighted by molar-refractivity contribution is 0.101. The summed E-state index contributed by atoms with van der Waals surface area (Å²) in [6.07, 6.45) is 0.663. The minimum absolute atomic E-state index is 0.00394. The van der Waals surface area contributed by atoms with Crippen LogP contribution >= 0.6 is 11.6 Å². The molecule has 2 aromatic carbocycles. The summed E-state index contributed by atoms with van der Waals surface area (Å²) in [5.74, 6) is -0.00394. The molecule has 0 aromatic heterocycles. The first kappa shape index (κ1) is 16.0. The Morgan fingerprint density at radius 3 is 2.36 bits per heavy atom. The Labute approximate surface area is 134 Å². The molecule has 2 N–H and O–H groups in total. The summed E-state index contributed by atoms with van der Waals surface area (Å²) < 4.78 is 0. The number of carbonyl (C=O) groups excluding carboxylic acids is 2. The van der Waals surface area contributed by atoms with Gasteiger partial charge in [0, 0.05) is 22.8 Å². The van der Waals surface area contributed by atoms with Crippen molar-refractivity contribution in [3.05, 3.63) is 64.7 Å². The van der Waals surface area contributed by atoms with Gasteiger partial charge >= 0.3 is 6.03 Å². The van der Waals surface area contributed by atoms with Crippen molar-refractivity contribution in [2.45, 2.75) is 13.3 Å². The van der Waals surface area contributed by atoms with Crippen molar-refractivity contribution >= 4 is 29.1 Å². The quantitative estimate of drug-likeness (QED) is 0.822. The van der Waals surface area contributed by atoms with Gasteiger partial charge in [0.1, 0.15) is 0 Å². The van der Waals surface area contributed by atoms with Crippen molar-refractivity contribution < 1.29 is 9.59 Å². The average molecular weight is 317 g/mol. The maximum atomic E-state index is 11.8. The molecule has 114 valence electrons. The smallest absolute Gasteiger partial charge is 0.319 e. The molecule has 0 aliphatic heterocycles. The molecular formula is C17H17ClN2O2. The Balaban J connectivity index is 1.80. The molecule has 2 rings (SSSR count). The molecule has 0 spiro atoms. The van der Waals surface area contributed by atoms with Crippen LogP contribution in [0.1, 0.15) is 22.8 Å². The molecule has 22 heavy (non-hydrogen) atoms. The van der Waals surface area contributed by atoms with E-state index in [1.807, 2.05) is 24.3 Å². The number of urea groups is 1. The van der Waals surface area contributed by atoms with E-state index in [0.29, 0.717) is 29.2 Å². The van der Waals surface area contributed by atoms with E-state index in [1.54, 1.807) is 24.3 Å². The summed E-state index contributed by atoms with van der Waals surface area (Å²) in [6.45, 7) is 1.99. The SMILES string of the molecule is CC(=O)c1ccc(NC(=O)NCCc2ccccc2Cl)cc1. The van der Waals surface area contributed by atoms with E-state index in [4.69, 9.17) is 11.6 Å². The Hall–Kier alpha value is -2.33. The first-order chi connectivity index (χ1) is 10.6. The van der Waals surface area contributed by atoms with Crippen LogP contribution in [-0.4, -0.2) is 18.4 Å². The fourth-order valence-electron chi connectivity index (χ4n) is 1.98. The maximum Gasteiger partial charge on any atom is 0.319 e. The van der Waals surface area contributed by atoms with Gasteiger partial charge < -0.3 is 10.6 Å². The zero-order valence-corrected chi connectivity index (χ0v) is 13.0. The molecular weight excluding hydrogens is 300 g/mol. The third-order valence-corrected chi connectivity index (χ3v) is 3.56. The van der Waals surface area contributed by atoms with Crippen LogP contribution in [0.2, 0.25) is 5.02 Å². The highest BCUT2D eigenvalue weighted by molar-refractivity contribution is 6.31. The maximum absolute atomic E-state index is 11.8. The van der Waals surface area contributed by atoms with Gasteiger partial charge in [-0.15, -0.1) is 0 Å². The Kier molecular flexibility index (Phi) is 5.55.